The summed E-state index contributed by atoms with van der Waals surface area (Å²) in [7, 11) is 0. The number of hydrogen-bond acceptors (Lipinski definition) is 3. The number of rotatable bonds is 3. The number of carbonyl (C=O) groups is 1. The Balaban J connectivity index is 1.67. The van der Waals surface area contributed by atoms with Crippen LogP contribution in [0.5, 0.6) is 0 Å². The van der Waals surface area contributed by atoms with Crippen LogP contribution in [0.15, 0.2) is 30.5 Å². The van der Waals surface area contributed by atoms with Crippen molar-refractivity contribution in [3.8, 4) is 0 Å². The Bertz CT molecular complexity index is 702. The molecule has 0 spiro atoms. The van der Waals surface area contributed by atoms with Crippen LogP contribution in [0.3, 0.4) is 0 Å². The molecule has 2 heterocycles. The second-order valence-electron chi connectivity index (χ2n) is 5.56. The number of nitrogens with one attached hydrogen (secondary N) is 1. The Hall–Kier alpha value is -1.85. The Labute approximate surface area is 133 Å². The normalized spacial score (nSPS) is 22.3. The molecule has 2 N–H and O–H groups in total. The summed E-state index contributed by atoms with van der Waals surface area (Å²) in [6.07, 6.45) is 7.91. The molecule has 0 atom stereocenters. The zero-order valence-electron chi connectivity index (χ0n) is 12.1. The number of amides is 1. The molecule has 0 unspecified atom stereocenters. The third kappa shape index (κ3) is 3.31. The molecule has 0 saturated heterocycles. The van der Waals surface area contributed by atoms with Gasteiger partial charge in [0, 0.05) is 18.3 Å². The molecular formula is C16H18ClN3O2. The van der Waals surface area contributed by atoms with Crippen LogP contribution in [0, 0.1) is 0 Å². The number of nitrogens with zero attached hydrogens (tertiary/aromatic N) is 2. The molecule has 3 rings (SSSR count). The van der Waals surface area contributed by atoms with Crippen LogP contribution < -0.4 is 5.32 Å². The van der Waals surface area contributed by atoms with Gasteiger partial charge < -0.3 is 10.4 Å². The lowest BCUT2D eigenvalue weighted by atomic mass is 9.93. The molecule has 1 aliphatic rings. The van der Waals surface area contributed by atoms with E-state index in [0.29, 0.717) is 10.8 Å². The van der Waals surface area contributed by atoms with Crippen LogP contribution in [0.1, 0.15) is 31.4 Å². The molecule has 0 aromatic carbocycles. The Morgan fingerprint density at radius 2 is 2.14 bits per heavy atom. The number of imidazole rings is 1. The molecule has 1 saturated carbocycles. The minimum Gasteiger partial charge on any atom is -0.393 e. The van der Waals surface area contributed by atoms with Crippen molar-refractivity contribution in [2.45, 2.75) is 37.8 Å². The van der Waals surface area contributed by atoms with Crippen molar-refractivity contribution < 1.29 is 9.90 Å². The average molecular weight is 320 g/mol. The van der Waals surface area contributed by atoms with Crippen molar-refractivity contribution in [3.05, 3.63) is 41.3 Å². The largest absolute Gasteiger partial charge is 0.393 e. The first-order valence-corrected chi connectivity index (χ1v) is 7.80. The summed E-state index contributed by atoms with van der Waals surface area (Å²) >= 11 is 6.12. The van der Waals surface area contributed by atoms with Crippen molar-refractivity contribution in [1.82, 2.24) is 14.7 Å². The smallest absolute Gasteiger partial charge is 0.244 e. The summed E-state index contributed by atoms with van der Waals surface area (Å²) in [6.45, 7) is 0. The van der Waals surface area contributed by atoms with Crippen LogP contribution in [0.25, 0.3) is 11.7 Å². The molecule has 0 aliphatic heterocycles. The number of aliphatic hydroxyl groups excluding tert-OH is 1. The average Bonchev–Trinajstić information content (AvgIpc) is 2.83. The van der Waals surface area contributed by atoms with Crippen molar-refractivity contribution >= 4 is 29.2 Å². The van der Waals surface area contributed by atoms with Gasteiger partial charge in [0.2, 0.25) is 5.91 Å². The van der Waals surface area contributed by atoms with Crippen molar-refractivity contribution in [3.63, 3.8) is 0 Å². The third-order valence-electron chi connectivity index (χ3n) is 3.96. The molecule has 6 heteroatoms. The minimum absolute atomic E-state index is 0.137. The number of pyridine rings is 1. The predicted molar refractivity (Wildman–Crippen MR) is 85.6 cm³/mol. The zero-order valence-corrected chi connectivity index (χ0v) is 12.8. The first-order valence-electron chi connectivity index (χ1n) is 7.42. The van der Waals surface area contributed by atoms with Gasteiger partial charge in [0.1, 0.15) is 5.65 Å². The SMILES string of the molecule is O=C(/C=C/c1c(Cl)nc2ccccn12)NC1CCC(O)CC1. The fourth-order valence-corrected chi connectivity index (χ4v) is 3.00. The summed E-state index contributed by atoms with van der Waals surface area (Å²) in [4.78, 5) is 16.2. The molecule has 1 aliphatic carbocycles. The number of fused-ring (bicyclic) bond motifs is 1. The summed E-state index contributed by atoms with van der Waals surface area (Å²) < 4.78 is 1.84. The summed E-state index contributed by atoms with van der Waals surface area (Å²) in [5.74, 6) is -0.150. The van der Waals surface area contributed by atoms with E-state index in [9.17, 15) is 9.90 Å². The Morgan fingerprint density at radius 1 is 1.36 bits per heavy atom. The van der Waals surface area contributed by atoms with Crippen molar-refractivity contribution in [2.75, 3.05) is 0 Å². The van der Waals surface area contributed by atoms with Gasteiger partial charge in [-0.15, -0.1) is 0 Å². The lowest BCUT2D eigenvalue weighted by molar-refractivity contribution is -0.117. The van der Waals surface area contributed by atoms with E-state index in [0.717, 1.165) is 31.3 Å². The fraction of sp³-hybridized carbons (Fsp3) is 0.375. The fourth-order valence-electron chi connectivity index (χ4n) is 2.76. The summed E-state index contributed by atoms with van der Waals surface area (Å²) in [6, 6.07) is 5.76. The highest BCUT2D eigenvalue weighted by Crippen LogP contribution is 2.20. The highest BCUT2D eigenvalue weighted by Gasteiger charge is 2.20. The van der Waals surface area contributed by atoms with E-state index in [4.69, 9.17) is 11.6 Å². The lowest BCUT2D eigenvalue weighted by Gasteiger charge is -2.25. The Morgan fingerprint density at radius 3 is 2.91 bits per heavy atom. The number of hydrogen-bond donors (Lipinski definition) is 2. The van der Waals surface area contributed by atoms with Crippen LogP contribution in [0.4, 0.5) is 0 Å². The van der Waals surface area contributed by atoms with Crippen LogP contribution in [-0.2, 0) is 4.79 Å². The zero-order chi connectivity index (χ0) is 15.5. The summed E-state index contributed by atoms with van der Waals surface area (Å²) in [5.41, 5.74) is 1.43. The van der Waals surface area contributed by atoms with Crippen LogP contribution in [-0.4, -0.2) is 32.5 Å². The second kappa shape index (κ2) is 6.50. The van der Waals surface area contributed by atoms with Gasteiger partial charge in [-0.05, 0) is 43.9 Å². The van der Waals surface area contributed by atoms with Crippen molar-refractivity contribution in [2.24, 2.45) is 0 Å². The van der Waals surface area contributed by atoms with Gasteiger partial charge in [0.15, 0.2) is 5.15 Å². The van der Waals surface area contributed by atoms with Crippen molar-refractivity contribution in [1.29, 1.82) is 0 Å². The van der Waals surface area contributed by atoms with Gasteiger partial charge in [0.05, 0.1) is 11.8 Å². The molecule has 0 radical (unpaired) electrons. The minimum atomic E-state index is -0.222. The number of carbonyl (C=O) groups excluding carboxylic acids is 1. The molecule has 0 bridgehead atoms. The first kappa shape index (κ1) is 15.1. The van der Waals surface area contributed by atoms with Crippen LogP contribution in [0.2, 0.25) is 5.15 Å². The van der Waals surface area contributed by atoms with Gasteiger partial charge in [-0.3, -0.25) is 9.20 Å². The van der Waals surface area contributed by atoms with Gasteiger partial charge in [-0.1, -0.05) is 17.7 Å². The molecule has 2 aromatic rings. The maximum Gasteiger partial charge on any atom is 0.244 e. The lowest BCUT2D eigenvalue weighted by Crippen LogP contribution is -2.37. The highest BCUT2D eigenvalue weighted by molar-refractivity contribution is 6.31. The summed E-state index contributed by atoms with van der Waals surface area (Å²) in [5, 5.41) is 12.8. The van der Waals surface area contributed by atoms with E-state index in [1.807, 2.05) is 28.8 Å². The molecule has 1 amide bonds. The van der Waals surface area contributed by atoms with Crippen LogP contribution >= 0.6 is 11.6 Å². The molecule has 22 heavy (non-hydrogen) atoms. The first-order chi connectivity index (χ1) is 10.6. The molecule has 116 valence electrons. The van der Waals surface area contributed by atoms with E-state index in [-0.39, 0.29) is 18.1 Å². The van der Waals surface area contributed by atoms with E-state index in [2.05, 4.69) is 10.3 Å². The topological polar surface area (TPSA) is 66.6 Å². The standard InChI is InChI=1S/C16H18ClN3O2/c17-16-13(20-10-2-1-3-14(20)19-16)8-9-15(22)18-11-4-6-12(21)7-5-11/h1-3,8-12,21H,4-7H2,(H,18,22)/b9-8+. The maximum absolute atomic E-state index is 12.0. The van der Waals surface area contributed by atoms with Gasteiger partial charge in [-0.25, -0.2) is 4.98 Å². The third-order valence-corrected chi connectivity index (χ3v) is 4.24. The molecule has 2 aromatic heterocycles. The molecule has 5 nitrogen and oxygen atoms in total. The van der Waals surface area contributed by atoms with Gasteiger partial charge >= 0.3 is 0 Å². The molecular weight excluding hydrogens is 302 g/mol. The number of aliphatic hydroxyl groups is 1. The van der Waals surface area contributed by atoms with E-state index >= 15 is 0 Å². The monoisotopic (exact) mass is 319 g/mol. The highest BCUT2D eigenvalue weighted by atomic mass is 35.5. The predicted octanol–water partition coefficient (Wildman–Crippen LogP) is 2.42. The number of halogens is 1. The van der Waals surface area contributed by atoms with Gasteiger partial charge in [0.25, 0.3) is 0 Å². The molecule has 1 fully saturated rings. The maximum atomic E-state index is 12.0. The van der Waals surface area contributed by atoms with E-state index in [1.54, 1.807) is 6.08 Å². The van der Waals surface area contributed by atoms with Gasteiger partial charge in [-0.2, -0.15) is 0 Å². The number of aromatic nitrogens is 2. The quantitative estimate of drug-likeness (QED) is 0.854. The van der Waals surface area contributed by atoms with E-state index in [1.165, 1.54) is 6.08 Å². The second-order valence-corrected chi connectivity index (χ2v) is 5.92. The van der Waals surface area contributed by atoms with E-state index < -0.39 is 0 Å². The Kier molecular flexibility index (Phi) is 4.45.